The second-order valence-electron chi connectivity index (χ2n) is 6.16. The Bertz CT molecular complexity index is 560. The molecule has 1 aliphatic heterocycles. The Morgan fingerprint density at radius 2 is 2.15 bits per heavy atom. The lowest BCUT2D eigenvalue weighted by molar-refractivity contribution is -0.131. The number of nitrogens with zero attached hydrogens (tertiary/aromatic N) is 2. The van der Waals surface area contributed by atoms with Crippen LogP contribution in [0.2, 0.25) is 0 Å². The molecule has 0 N–H and O–H groups in total. The van der Waals surface area contributed by atoms with Crippen LogP contribution in [0, 0.1) is 22.6 Å². The molecule has 0 atom stereocenters. The molecule has 0 saturated carbocycles. The number of likely N-dealkylation sites (tertiary alicyclic amines) is 1. The first kappa shape index (κ1) is 14.5. The number of carbonyl (C=O) groups is 1. The van der Waals surface area contributed by atoms with E-state index in [4.69, 9.17) is 5.26 Å². The zero-order valence-corrected chi connectivity index (χ0v) is 11.9. The number of hydrogen-bond acceptors (Lipinski definition) is 2. The Labute approximate surface area is 119 Å². The fraction of sp³-hybridized carbons (Fsp3) is 0.500. The predicted octanol–water partition coefficient (Wildman–Crippen LogP) is 3.24. The van der Waals surface area contributed by atoms with Gasteiger partial charge >= 0.3 is 0 Å². The number of carbonyl (C=O) groups excluding carboxylic acids is 1. The Balaban J connectivity index is 2.13. The van der Waals surface area contributed by atoms with Crippen LogP contribution in [0.1, 0.15) is 44.2 Å². The van der Waals surface area contributed by atoms with Crippen molar-refractivity contribution >= 4 is 5.91 Å². The summed E-state index contributed by atoms with van der Waals surface area (Å²) in [5, 5.41) is 8.84. The van der Waals surface area contributed by atoms with E-state index in [0.29, 0.717) is 19.5 Å². The average Bonchev–Trinajstić information content (AvgIpc) is 2.54. The second-order valence-corrected chi connectivity index (χ2v) is 6.16. The van der Waals surface area contributed by atoms with Gasteiger partial charge in [0.05, 0.1) is 5.56 Å². The molecule has 106 valence electrons. The van der Waals surface area contributed by atoms with Crippen LogP contribution in [0.4, 0.5) is 4.39 Å². The lowest BCUT2D eigenvalue weighted by Gasteiger charge is -2.23. The van der Waals surface area contributed by atoms with Gasteiger partial charge in [0.1, 0.15) is 11.9 Å². The summed E-state index contributed by atoms with van der Waals surface area (Å²) in [6.07, 6.45) is 2.42. The van der Waals surface area contributed by atoms with Gasteiger partial charge in [0.25, 0.3) is 0 Å². The number of halogens is 1. The molecule has 1 aromatic rings. The van der Waals surface area contributed by atoms with E-state index in [9.17, 15) is 9.18 Å². The lowest BCUT2D eigenvalue weighted by Crippen LogP contribution is -2.30. The number of amides is 1. The Morgan fingerprint density at radius 1 is 1.40 bits per heavy atom. The number of benzene rings is 1. The van der Waals surface area contributed by atoms with Crippen LogP contribution in [-0.4, -0.2) is 17.4 Å². The number of hydrogen-bond donors (Lipinski definition) is 0. The molecule has 1 heterocycles. The summed E-state index contributed by atoms with van der Waals surface area (Å²) in [5.74, 6) is -0.377. The Kier molecular flexibility index (Phi) is 4.08. The fourth-order valence-electron chi connectivity index (χ4n) is 2.43. The fourth-order valence-corrected chi connectivity index (χ4v) is 2.43. The summed E-state index contributed by atoms with van der Waals surface area (Å²) < 4.78 is 13.3. The molecular weight excluding hydrogens is 255 g/mol. The normalized spacial score (nSPS) is 18.5. The van der Waals surface area contributed by atoms with Crippen molar-refractivity contribution in [3.63, 3.8) is 0 Å². The summed E-state index contributed by atoms with van der Waals surface area (Å²) in [6.45, 7) is 5.51. The summed E-state index contributed by atoms with van der Waals surface area (Å²) >= 11 is 0. The highest BCUT2D eigenvalue weighted by Crippen LogP contribution is 2.30. The molecule has 0 aromatic heterocycles. The number of nitriles is 1. The highest BCUT2D eigenvalue weighted by atomic mass is 19.1. The smallest absolute Gasteiger partial charge is 0.222 e. The van der Waals surface area contributed by atoms with E-state index >= 15 is 0 Å². The first-order valence-corrected chi connectivity index (χ1v) is 6.88. The molecule has 0 spiro atoms. The van der Waals surface area contributed by atoms with E-state index in [0.717, 1.165) is 18.4 Å². The van der Waals surface area contributed by atoms with Crippen LogP contribution >= 0.6 is 0 Å². The highest BCUT2D eigenvalue weighted by Gasteiger charge is 2.27. The Hall–Kier alpha value is -1.89. The zero-order chi connectivity index (χ0) is 14.8. The van der Waals surface area contributed by atoms with Crippen LogP contribution in [0.3, 0.4) is 0 Å². The predicted molar refractivity (Wildman–Crippen MR) is 74.2 cm³/mol. The van der Waals surface area contributed by atoms with Crippen molar-refractivity contribution in [2.24, 2.45) is 5.41 Å². The molecule has 1 saturated heterocycles. The van der Waals surface area contributed by atoms with Gasteiger partial charge in [0.15, 0.2) is 0 Å². The molecule has 0 bridgehead atoms. The maximum atomic E-state index is 13.3. The molecule has 0 unspecified atom stereocenters. The molecule has 1 aliphatic rings. The van der Waals surface area contributed by atoms with Crippen molar-refractivity contribution in [3.8, 4) is 6.07 Å². The first-order valence-electron chi connectivity index (χ1n) is 6.88. The van der Waals surface area contributed by atoms with Crippen molar-refractivity contribution < 1.29 is 9.18 Å². The van der Waals surface area contributed by atoms with E-state index < -0.39 is 5.82 Å². The van der Waals surface area contributed by atoms with Crippen molar-refractivity contribution in [2.75, 3.05) is 6.54 Å². The van der Waals surface area contributed by atoms with Gasteiger partial charge in [-0.2, -0.15) is 5.26 Å². The van der Waals surface area contributed by atoms with Gasteiger partial charge in [0, 0.05) is 19.5 Å². The van der Waals surface area contributed by atoms with Gasteiger partial charge in [0.2, 0.25) is 5.91 Å². The van der Waals surface area contributed by atoms with Gasteiger partial charge < -0.3 is 4.90 Å². The van der Waals surface area contributed by atoms with Crippen molar-refractivity contribution in [3.05, 3.63) is 35.1 Å². The van der Waals surface area contributed by atoms with Gasteiger partial charge in [-0.3, -0.25) is 4.79 Å². The van der Waals surface area contributed by atoms with Crippen LogP contribution < -0.4 is 0 Å². The van der Waals surface area contributed by atoms with E-state index in [1.807, 2.05) is 11.0 Å². The maximum absolute atomic E-state index is 13.3. The molecular formula is C16H19FN2O. The zero-order valence-electron chi connectivity index (χ0n) is 11.9. The van der Waals surface area contributed by atoms with Gasteiger partial charge in [-0.25, -0.2) is 4.39 Å². The molecule has 0 aliphatic carbocycles. The second kappa shape index (κ2) is 5.62. The molecule has 1 aromatic carbocycles. The van der Waals surface area contributed by atoms with Gasteiger partial charge in [-0.05, 0) is 36.0 Å². The van der Waals surface area contributed by atoms with Crippen molar-refractivity contribution in [1.82, 2.24) is 4.90 Å². The van der Waals surface area contributed by atoms with E-state index in [2.05, 4.69) is 13.8 Å². The number of rotatable bonds is 2. The summed E-state index contributed by atoms with van der Waals surface area (Å²) in [6, 6.07) is 6.29. The maximum Gasteiger partial charge on any atom is 0.222 e. The lowest BCUT2D eigenvalue weighted by atomic mass is 9.85. The molecule has 2 rings (SSSR count). The topological polar surface area (TPSA) is 44.1 Å². The summed E-state index contributed by atoms with van der Waals surface area (Å²) in [5.41, 5.74) is 1.02. The van der Waals surface area contributed by atoms with E-state index in [-0.39, 0.29) is 16.9 Å². The summed E-state index contributed by atoms with van der Waals surface area (Å²) in [4.78, 5) is 13.9. The quantitative estimate of drug-likeness (QED) is 0.831. The van der Waals surface area contributed by atoms with Crippen molar-refractivity contribution in [1.29, 1.82) is 5.26 Å². The molecule has 1 amide bonds. The third-order valence-corrected chi connectivity index (χ3v) is 3.95. The Morgan fingerprint density at radius 3 is 2.85 bits per heavy atom. The van der Waals surface area contributed by atoms with Crippen LogP contribution in [-0.2, 0) is 11.3 Å². The SMILES string of the molecule is CC1(C)CCC(=O)N(Cc2ccc(F)c(C#N)c2)CC1. The summed E-state index contributed by atoms with van der Waals surface area (Å²) in [7, 11) is 0. The monoisotopic (exact) mass is 274 g/mol. The molecule has 20 heavy (non-hydrogen) atoms. The molecule has 3 nitrogen and oxygen atoms in total. The minimum Gasteiger partial charge on any atom is -0.338 e. The van der Waals surface area contributed by atoms with Crippen LogP contribution in [0.25, 0.3) is 0 Å². The van der Waals surface area contributed by atoms with E-state index in [1.54, 1.807) is 6.07 Å². The van der Waals surface area contributed by atoms with Crippen LogP contribution in [0.5, 0.6) is 0 Å². The standard InChI is InChI=1S/C16H19FN2O/c1-16(2)6-5-15(20)19(8-7-16)11-12-3-4-14(17)13(9-12)10-18/h3-4,9H,5-8,11H2,1-2H3. The highest BCUT2D eigenvalue weighted by molar-refractivity contribution is 5.76. The average molecular weight is 274 g/mol. The van der Waals surface area contributed by atoms with Gasteiger partial charge in [-0.15, -0.1) is 0 Å². The first-order chi connectivity index (χ1) is 9.41. The van der Waals surface area contributed by atoms with Gasteiger partial charge in [-0.1, -0.05) is 19.9 Å². The largest absolute Gasteiger partial charge is 0.338 e. The van der Waals surface area contributed by atoms with Crippen molar-refractivity contribution in [2.45, 2.75) is 39.7 Å². The minimum atomic E-state index is -0.514. The van der Waals surface area contributed by atoms with Crippen LogP contribution in [0.15, 0.2) is 18.2 Å². The minimum absolute atomic E-state index is 0.0325. The molecule has 1 fully saturated rings. The van der Waals surface area contributed by atoms with E-state index in [1.165, 1.54) is 12.1 Å². The third-order valence-electron chi connectivity index (χ3n) is 3.95. The third kappa shape index (κ3) is 3.36. The molecule has 4 heteroatoms. The molecule has 0 radical (unpaired) electrons.